The van der Waals surface area contributed by atoms with Gasteiger partial charge in [-0.25, -0.2) is 9.37 Å². The van der Waals surface area contributed by atoms with Crippen LogP contribution in [0.25, 0.3) is 33.3 Å². The molecule has 0 aliphatic carbocycles. The number of aliphatic hydroxyl groups is 1. The van der Waals surface area contributed by atoms with Gasteiger partial charge in [0.25, 0.3) is 0 Å². The molecule has 0 atom stereocenters. The number of methoxy groups -OCH3 is 1. The molecule has 0 spiro atoms. The van der Waals surface area contributed by atoms with Crippen molar-refractivity contribution in [1.82, 2.24) is 15.0 Å². The van der Waals surface area contributed by atoms with Crippen molar-refractivity contribution in [3.8, 4) is 28.1 Å². The number of hydrogen-bond acceptors (Lipinski definition) is 5. The molecule has 4 rings (SSSR count). The Labute approximate surface area is 171 Å². The van der Waals surface area contributed by atoms with Gasteiger partial charge in [-0.15, -0.1) is 0 Å². The fourth-order valence-electron chi connectivity index (χ4n) is 3.10. The molecule has 3 N–H and O–H groups in total. The van der Waals surface area contributed by atoms with Gasteiger partial charge in [0.2, 0.25) is 0 Å². The first-order chi connectivity index (χ1) is 14.1. The van der Waals surface area contributed by atoms with Crippen LogP contribution in [-0.4, -0.2) is 40.3 Å². The Morgan fingerprint density at radius 1 is 1.14 bits per heavy atom. The van der Waals surface area contributed by atoms with Crippen LogP contribution in [0.2, 0.25) is 5.02 Å². The summed E-state index contributed by atoms with van der Waals surface area (Å²) in [5.41, 5.74) is 3.81. The molecular formula is C21H18ClFN4O2. The Kier molecular flexibility index (Phi) is 5.33. The maximum Gasteiger partial charge on any atom is 0.166 e. The average Bonchev–Trinajstić information content (AvgIpc) is 3.15. The quantitative estimate of drug-likeness (QED) is 0.434. The van der Waals surface area contributed by atoms with Crippen LogP contribution in [0.5, 0.6) is 5.75 Å². The molecule has 29 heavy (non-hydrogen) atoms. The number of aliphatic hydroxyl groups excluding tert-OH is 1. The Hall–Kier alpha value is -3.16. The second-order valence-electron chi connectivity index (χ2n) is 6.42. The molecule has 0 aliphatic rings. The van der Waals surface area contributed by atoms with Crippen molar-refractivity contribution in [2.24, 2.45) is 0 Å². The van der Waals surface area contributed by atoms with Crippen LogP contribution >= 0.6 is 11.6 Å². The van der Waals surface area contributed by atoms with E-state index in [2.05, 4.69) is 20.3 Å². The molecule has 6 nitrogen and oxygen atoms in total. The Balaban J connectivity index is 1.72. The number of pyridine rings is 2. The number of H-pyrrole nitrogens is 1. The van der Waals surface area contributed by atoms with E-state index in [1.54, 1.807) is 25.7 Å². The molecule has 3 heterocycles. The number of aromatic amines is 1. The van der Waals surface area contributed by atoms with Crippen molar-refractivity contribution in [2.45, 2.75) is 0 Å². The number of anilines is 1. The van der Waals surface area contributed by atoms with E-state index in [9.17, 15) is 4.39 Å². The standard InChI is InChI=1S/C21H18ClFN4O2/c1-29-15-4-13(9-24-11-15)16-5-12-7-19(27-20(12)8-17(16)22)14-6-18(23)21(26-10-14)25-2-3-28/h4-11,27-28H,2-3H2,1H3,(H,25,26). The van der Waals surface area contributed by atoms with E-state index in [0.29, 0.717) is 16.3 Å². The van der Waals surface area contributed by atoms with Gasteiger partial charge in [-0.3, -0.25) is 4.98 Å². The zero-order chi connectivity index (χ0) is 20.4. The lowest BCUT2D eigenvalue weighted by atomic mass is 10.1. The van der Waals surface area contributed by atoms with Crippen molar-refractivity contribution in [1.29, 1.82) is 0 Å². The van der Waals surface area contributed by atoms with E-state index in [4.69, 9.17) is 21.4 Å². The third-order valence-corrected chi connectivity index (χ3v) is 4.84. The molecule has 148 valence electrons. The van der Waals surface area contributed by atoms with Crippen molar-refractivity contribution < 1.29 is 14.2 Å². The summed E-state index contributed by atoms with van der Waals surface area (Å²) in [7, 11) is 1.59. The van der Waals surface area contributed by atoms with Crippen LogP contribution in [0.15, 0.2) is 48.9 Å². The number of nitrogens with one attached hydrogen (secondary N) is 2. The lowest BCUT2D eigenvalue weighted by Gasteiger charge is -2.06. The minimum Gasteiger partial charge on any atom is -0.495 e. The highest BCUT2D eigenvalue weighted by Gasteiger charge is 2.12. The summed E-state index contributed by atoms with van der Waals surface area (Å²) in [6, 6.07) is 8.96. The SMILES string of the molecule is COc1cncc(-c2cc3cc(-c4cnc(NCCO)c(F)c4)[nH]c3cc2Cl)c1. The predicted molar refractivity (Wildman–Crippen MR) is 112 cm³/mol. The third-order valence-electron chi connectivity index (χ3n) is 4.52. The maximum atomic E-state index is 14.3. The highest BCUT2D eigenvalue weighted by molar-refractivity contribution is 6.34. The molecule has 0 radical (unpaired) electrons. The van der Waals surface area contributed by atoms with Gasteiger partial charge >= 0.3 is 0 Å². The first-order valence-corrected chi connectivity index (χ1v) is 9.29. The lowest BCUT2D eigenvalue weighted by molar-refractivity contribution is 0.310. The summed E-state index contributed by atoms with van der Waals surface area (Å²) >= 11 is 6.49. The van der Waals surface area contributed by atoms with E-state index in [0.717, 1.165) is 27.7 Å². The van der Waals surface area contributed by atoms with E-state index < -0.39 is 5.82 Å². The van der Waals surface area contributed by atoms with Gasteiger partial charge in [-0.1, -0.05) is 11.6 Å². The van der Waals surface area contributed by atoms with Gasteiger partial charge in [0.15, 0.2) is 11.6 Å². The minimum atomic E-state index is -0.490. The molecule has 4 aromatic rings. The Bertz CT molecular complexity index is 1180. The number of benzene rings is 1. The highest BCUT2D eigenvalue weighted by atomic mass is 35.5. The van der Waals surface area contributed by atoms with E-state index in [1.165, 1.54) is 6.07 Å². The zero-order valence-electron chi connectivity index (χ0n) is 15.5. The first-order valence-electron chi connectivity index (χ1n) is 8.91. The van der Waals surface area contributed by atoms with Crippen molar-refractivity contribution >= 4 is 28.3 Å². The normalized spacial score (nSPS) is 11.0. The lowest BCUT2D eigenvalue weighted by Crippen LogP contribution is -2.08. The number of rotatable bonds is 6. The number of hydrogen-bond donors (Lipinski definition) is 3. The summed E-state index contributed by atoms with van der Waals surface area (Å²) in [5, 5.41) is 13.1. The van der Waals surface area contributed by atoms with Crippen LogP contribution < -0.4 is 10.1 Å². The molecular weight excluding hydrogens is 395 g/mol. The fourth-order valence-corrected chi connectivity index (χ4v) is 3.37. The summed E-state index contributed by atoms with van der Waals surface area (Å²) in [6.45, 7) is 0.132. The highest BCUT2D eigenvalue weighted by Crippen LogP contribution is 2.35. The number of nitrogens with zero attached hydrogens (tertiary/aromatic N) is 2. The molecule has 0 fully saturated rings. The topological polar surface area (TPSA) is 83.1 Å². The Morgan fingerprint density at radius 3 is 2.76 bits per heavy atom. The number of fused-ring (bicyclic) bond motifs is 1. The molecule has 3 aromatic heterocycles. The largest absolute Gasteiger partial charge is 0.495 e. The van der Waals surface area contributed by atoms with Gasteiger partial charge in [-0.2, -0.15) is 0 Å². The van der Waals surface area contributed by atoms with E-state index >= 15 is 0 Å². The van der Waals surface area contributed by atoms with Crippen LogP contribution in [0, 0.1) is 5.82 Å². The summed E-state index contributed by atoms with van der Waals surface area (Å²) in [6.07, 6.45) is 4.92. The smallest absolute Gasteiger partial charge is 0.166 e. The second kappa shape index (κ2) is 8.06. The molecule has 0 amide bonds. The molecule has 0 aliphatic heterocycles. The van der Waals surface area contributed by atoms with Crippen LogP contribution in [0.3, 0.4) is 0 Å². The molecule has 0 unspecified atom stereocenters. The first kappa shape index (κ1) is 19.2. The van der Waals surface area contributed by atoms with Crippen molar-refractivity contribution in [3.05, 3.63) is 59.8 Å². The van der Waals surface area contributed by atoms with Crippen LogP contribution in [0.1, 0.15) is 0 Å². The van der Waals surface area contributed by atoms with E-state index in [-0.39, 0.29) is 19.0 Å². The summed E-state index contributed by atoms with van der Waals surface area (Å²) in [4.78, 5) is 11.5. The number of halogens is 2. The molecule has 0 bridgehead atoms. The van der Waals surface area contributed by atoms with Crippen molar-refractivity contribution in [2.75, 3.05) is 25.6 Å². The minimum absolute atomic E-state index is 0.100. The summed E-state index contributed by atoms with van der Waals surface area (Å²) in [5.74, 6) is 0.260. The number of aromatic nitrogens is 3. The average molecular weight is 413 g/mol. The maximum absolute atomic E-state index is 14.3. The van der Waals surface area contributed by atoms with Gasteiger partial charge in [0.05, 0.1) is 24.9 Å². The molecule has 8 heteroatoms. The fraction of sp³-hybridized carbons (Fsp3) is 0.143. The van der Waals surface area contributed by atoms with Gasteiger partial charge in [-0.05, 0) is 30.3 Å². The van der Waals surface area contributed by atoms with Gasteiger partial charge < -0.3 is 20.1 Å². The van der Waals surface area contributed by atoms with Crippen LogP contribution in [0.4, 0.5) is 10.2 Å². The van der Waals surface area contributed by atoms with Crippen LogP contribution in [-0.2, 0) is 0 Å². The van der Waals surface area contributed by atoms with Crippen molar-refractivity contribution in [3.63, 3.8) is 0 Å². The van der Waals surface area contributed by atoms with Gasteiger partial charge in [0.1, 0.15) is 5.75 Å². The van der Waals surface area contributed by atoms with Gasteiger partial charge in [0, 0.05) is 52.2 Å². The Morgan fingerprint density at radius 2 is 2.00 bits per heavy atom. The molecule has 0 saturated carbocycles. The third kappa shape index (κ3) is 3.87. The predicted octanol–water partition coefficient (Wildman–Crippen LogP) is 4.50. The monoisotopic (exact) mass is 412 g/mol. The summed E-state index contributed by atoms with van der Waals surface area (Å²) < 4.78 is 19.5. The number of ether oxygens (including phenoxy) is 1. The molecule has 0 saturated heterocycles. The van der Waals surface area contributed by atoms with E-state index in [1.807, 2.05) is 24.3 Å². The zero-order valence-corrected chi connectivity index (χ0v) is 16.3. The molecule has 1 aromatic carbocycles. The second-order valence-corrected chi connectivity index (χ2v) is 6.83.